The summed E-state index contributed by atoms with van der Waals surface area (Å²) in [7, 11) is 1.62. The zero-order valence-corrected chi connectivity index (χ0v) is 14.8. The van der Waals surface area contributed by atoms with Gasteiger partial charge in [-0.25, -0.2) is 0 Å². The predicted molar refractivity (Wildman–Crippen MR) is 99.2 cm³/mol. The second-order valence-corrected chi connectivity index (χ2v) is 6.52. The number of methoxy groups -OCH3 is 1. The van der Waals surface area contributed by atoms with Gasteiger partial charge in [0.15, 0.2) is 5.76 Å². The van der Waals surface area contributed by atoms with Gasteiger partial charge in [-0.3, -0.25) is 0 Å². The summed E-state index contributed by atoms with van der Waals surface area (Å²) in [5.74, 6) is 2.70. The van der Waals surface area contributed by atoms with Gasteiger partial charge >= 0.3 is 0 Å². The van der Waals surface area contributed by atoms with Crippen LogP contribution in [0, 0.1) is 0 Å². The molecule has 0 aliphatic heterocycles. The first-order chi connectivity index (χ1) is 13.3. The number of rotatable bonds is 5. The Morgan fingerprint density at radius 2 is 1.67 bits per heavy atom. The Morgan fingerprint density at radius 3 is 2.44 bits per heavy atom. The molecular weight excluding hydrogens is 342 g/mol. The van der Waals surface area contributed by atoms with Gasteiger partial charge in [0.05, 0.1) is 12.7 Å². The first-order valence-electron chi connectivity index (χ1n) is 8.87. The van der Waals surface area contributed by atoms with Gasteiger partial charge < -0.3 is 13.7 Å². The van der Waals surface area contributed by atoms with E-state index in [0.717, 1.165) is 41.0 Å². The van der Waals surface area contributed by atoms with E-state index >= 15 is 0 Å². The standard InChI is InChI=1S/C21H17N3O3/c1-25-16-10-6-5-9-15(16)20-22-23-21(26-20)17-18(13-7-3-2-4-8-13)24-27-19(17)14-11-12-14/h2-10,14H,11-12H2,1H3. The Hall–Kier alpha value is -3.41. The molecule has 2 aromatic carbocycles. The number of ether oxygens (including phenoxy) is 1. The lowest BCUT2D eigenvalue weighted by Crippen LogP contribution is -1.87. The van der Waals surface area contributed by atoms with Gasteiger partial charge in [0.25, 0.3) is 11.8 Å². The SMILES string of the molecule is COc1ccccc1-c1nnc(-c2c(-c3ccccc3)noc2C2CC2)o1. The van der Waals surface area contributed by atoms with Crippen molar-refractivity contribution in [3.8, 4) is 39.9 Å². The van der Waals surface area contributed by atoms with E-state index in [1.807, 2.05) is 54.6 Å². The fraction of sp³-hybridized carbons (Fsp3) is 0.190. The lowest BCUT2D eigenvalue weighted by atomic mass is 10.0. The molecule has 4 aromatic rings. The van der Waals surface area contributed by atoms with Crippen molar-refractivity contribution >= 4 is 0 Å². The minimum Gasteiger partial charge on any atom is -0.496 e. The maximum Gasteiger partial charge on any atom is 0.254 e. The number of para-hydroxylation sites is 1. The van der Waals surface area contributed by atoms with Crippen molar-refractivity contribution in [1.82, 2.24) is 15.4 Å². The average molecular weight is 359 g/mol. The van der Waals surface area contributed by atoms with Gasteiger partial charge in [-0.15, -0.1) is 10.2 Å². The van der Waals surface area contributed by atoms with Crippen molar-refractivity contribution in [2.75, 3.05) is 7.11 Å². The molecule has 2 heterocycles. The largest absolute Gasteiger partial charge is 0.496 e. The summed E-state index contributed by atoms with van der Waals surface area (Å²) in [6.07, 6.45) is 2.17. The van der Waals surface area contributed by atoms with Crippen LogP contribution in [0.25, 0.3) is 34.2 Å². The minimum absolute atomic E-state index is 0.367. The monoisotopic (exact) mass is 359 g/mol. The molecule has 134 valence electrons. The van der Waals surface area contributed by atoms with E-state index in [0.29, 0.717) is 23.4 Å². The fourth-order valence-corrected chi connectivity index (χ4v) is 3.18. The summed E-state index contributed by atoms with van der Waals surface area (Å²) >= 11 is 0. The third-order valence-electron chi connectivity index (χ3n) is 4.69. The zero-order chi connectivity index (χ0) is 18.2. The number of hydrogen-bond donors (Lipinski definition) is 0. The molecular formula is C21H17N3O3. The zero-order valence-electron chi connectivity index (χ0n) is 14.8. The average Bonchev–Trinajstić information content (AvgIpc) is 3.29. The van der Waals surface area contributed by atoms with Gasteiger partial charge in [0.2, 0.25) is 0 Å². The molecule has 1 aliphatic rings. The summed E-state index contributed by atoms with van der Waals surface area (Å²) in [4.78, 5) is 0. The summed E-state index contributed by atoms with van der Waals surface area (Å²) in [5.41, 5.74) is 3.23. The molecule has 27 heavy (non-hydrogen) atoms. The Morgan fingerprint density at radius 1 is 0.926 bits per heavy atom. The molecule has 0 radical (unpaired) electrons. The van der Waals surface area contributed by atoms with Crippen LogP contribution in [0.5, 0.6) is 5.75 Å². The summed E-state index contributed by atoms with van der Waals surface area (Å²) < 4.78 is 17.1. The topological polar surface area (TPSA) is 74.2 Å². The summed E-state index contributed by atoms with van der Waals surface area (Å²) in [5, 5.41) is 12.8. The van der Waals surface area contributed by atoms with Crippen molar-refractivity contribution in [2.24, 2.45) is 0 Å². The molecule has 1 aliphatic carbocycles. The van der Waals surface area contributed by atoms with Crippen LogP contribution in [0.3, 0.4) is 0 Å². The first kappa shape index (κ1) is 15.8. The van der Waals surface area contributed by atoms with Crippen LogP contribution in [0.4, 0.5) is 0 Å². The predicted octanol–water partition coefficient (Wildman–Crippen LogP) is 4.94. The van der Waals surface area contributed by atoms with Gasteiger partial charge in [0, 0.05) is 11.5 Å². The second-order valence-electron chi connectivity index (χ2n) is 6.52. The Bertz CT molecular complexity index is 1080. The fourth-order valence-electron chi connectivity index (χ4n) is 3.18. The summed E-state index contributed by atoms with van der Waals surface area (Å²) in [6.45, 7) is 0. The molecule has 0 amide bonds. The number of benzene rings is 2. The highest BCUT2D eigenvalue weighted by molar-refractivity contribution is 5.79. The highest BCUT2D eigenvalue weighted by atomic mass is 16.5. The second kappa shape index (κ2) is 6.39. The smallest absolute Gasteiger partial charge is 0.254 e. The molecule has 0 atom stereocenters. The maximum atomic E-state index is 6.04. The van der Waals surface area contributed by atoms with E-state index in [9.17, 15) is 0 Å². The van der Waals surface area contributed by atoms with Crippen LogP contribution in [0.2, 0.25) is 0 Å². The first-order valence-corrected chi connectivity index (χ1v) is 8.87. The molecule has 1 saturated carbocycles. The normalized spacial score (nSPS) is 13.7. The van der Waals surface area contributed by atoms with Crippen LogP contribution in [-0.2, 0) is 0 Å². The highest BCUT2D eigenvalue weighted by Gasteiger charge is 2.35. The van der Waals surface area contributed by atoms with Crippen LogP contribution in [-0.4, -0.2) is 22.5 Å². The Labute approximate surface area is 155 Å². The van der Waals surface area contributed by atoms with E-state index in [2.05, 4.69) is 15.4 Å². The Kier molecular flexibility index (Phi) is 3.74. The van der Waals surface area contributed by atoms with E-state index in [4.69, 9.17) is 13.7 Å². The third kappa shape index (κ3) is 2.79. The molecule has 2 aromatic heterocycles. The third-order valence-corrected chi connectivity index (χ3v) is 4.69. The summed E-state index contributed by atoms with van der Waals surface area (Å²) in [6, 6.07) is 17.5. The van der Waals surface area contributed by atoms with Gasteiger partial charge in [-0.1, -0.05) is 47.6 Å². The van der Waals surface area contributed by atoms with Crippen LogP contribution < -0.4 is 4.74 Å². The van der Waals surface area contributed by atoms with E-state index in [1.165, 1.54) is 0 Å². The number of aromatic nitrogens is 3. The molecule has 6 heteroatoms. The molecule has 0 bridgehead atoms. The van der Waals surface area contributed by atoms with Crippen LogP contribution in [0.1, 0.15) is 24.5 Å². The molecule has 1 fully saturated rings. The molecule has 6 nitrogen and oxygen atoms in total. The maximum absolute atomic E-state index is 6.04. The molecule has 0 spiro atoms. The van der Waals surface area contributed by atoms with Crippen molar-refractivity contribution in [2.45, 2.75) is 18.8 Å². The van der Waals surface area contributed by atoms with Crippen molar-refractivity contribution in [3.05, 3.63) is 60.4 Å². The number of hydrogen-bond acceptors (Lipinski definition) is 6. The van der Waals surface area contributed by atoms with Crippen LogP contribution in [0.15, 0.2) is 63.5 Å². The lowest BCUT2D eigenvalue weighted by molar-refractivity contribution is 0.386. The van der Waals surface area contributed by atoms with E-state index in [1.54, 1.807) is 7.11 Å². The number of nitrogens with zero attached hydrogens (tertiary/aromatic N) is 3. The molecule has 0 unspecified atom stereocenters. The van der Waals surface area contributed by atoms with Crippen molar-refractivity contribution < 1.29 is 13.7 Å². The van der Waals surface area contributed by atoms with E-state index < -0.39 is 0 Å². The van der Waals surface area contributed by atoms with Gasteiger partial charge in [-0.2, -0.15) is 0 Å². The molecule has 5 rings (SSSR count). The lowest BCUT2D eigenvalue weighted by Gasteiger charge is -2.03. The van der Waals surface area contributed by atoms with E-state index in [-0.39, 0.29) is 0 Å². The van der Waals surface area contributed by atoms with Crippen molar-refractivity contribution in [1.29, 1.82) is 0 Å². The minimum atomic E-state index is 0.367. The van der Waals surface area contributed by atoms with Gasteiger partial charge in [-0.05, 0) is 25.0 Å². The highest BCUT2D eigenvalue weighted by Crippen LogP contribution is 2.47. The Balaban J connectivity index is 1.63. The van der Waals surface area contributed by atoms with Crippen molar-refractivity contribution in [3.63, 3.8) is 0 Å². The molecule has 0 saturated heterocycles. The quantitative estimate of drug-likeness (QED) is 0.502. The molecule has 0 N–H and O–H groups in total. The van der Waals surface area contributed by atoms with Crippen LogP contribution >= 0.6 is 0 Å². The van der Waals surface area contributed by atoms with Gasteiger partial charge in [0.1, 0.15) is 17.0 Å².